The third-order valence-corrected chi connectivity index (χ3v) is 4.76. The lowest BCUT2D eigenvalue weighted by molar-refractivity contribution is 0.851. The number of nitrogens with one attached hydrogen (secondary N) is 1. The summed E-state index contributed by atoms with van der Waals surface area (Å²) in [6, 6.07) is 16.9. The Morgan fingerprint density at radius 3 is 2.67 bits per heavy atom. The molecule has 2 aromatic heterocycles. The number of rotatable bonds is 5. The van der Waals surface area contributed by atoms with E-state index in [-0.39, 0.29) is 5.56 Å². The van der Waals surface area contributed by atoms with Gasteiger partial charge in [-0.2, -0.15) is 9.50 Å². The van der Waals surface area contributed by atoms with Crippen LogP contribution < -0.4 is 5.56 Å². The molecule has 0 atom stereocenters. The first-order valence-electron chi connectivity index (χ1n) is 8.59. The van der Waals surface area contributed by atoms with E-state index in [1.807, 2.05) is 48.5 Å². The highest BCUT2D eigenvalue weighted by Crippen LogP contribution is 2.22. The second-order valence-corrected chi connectivity index (χ2v) is 6.58. The Kier molecular flexibility index (Phi) is 4.60. The molecule has 27 heavy (non-hydrogen) atoms. The summed E-state index contributed by atoms with van der Waals surface area (Å²) < 4.78 is 1.36. The molecule has 134 valence electrons. The highest BCUT2D eigenvalue weighted by Gasteiger charge is 2.10. The van der Waals surface area contributed by atoms with Gasteiger partial charge >= 0.3 is 0 Å². The molecule has 2 aromatic carbocycles. The van der Waals surface area contributed by atoms with E-state index in [9.17, 15) is 4.79 Å². The van der Waals surface area contributed by atoms with Crippen LogP contribution >= 0.6 is 11.6 Å². The average Bonchev–Trinajstić information content (AvgIpc) is 3.12. The molecular formula is C21H17ClN4O. The van der Waals surface area contributed by atoms with Gasteiger partial charge in [0.1, 0.15) is 0 Å². The number of fused-ring (bicyclic) bond motifs is 1. The molecule has 0 aliphatic carbocycles. The van der Waals surface area contributed by atoms with Crippen molar-refractivity contribution in [2.75, 3.05) is 0 Å². The first kappa shape index (κ1) is 17.2. The second-order valence-electron chi connectivity index (χ2n) is 6.18. The van der Waals surface area contributed by atoms with Crippen LogP contribution in [0, 0.1) is 0 Å². The monoisotopic (exact) mass is 376 g/mol. The van der Waals surface area contributed by atoms with Crippen LogP contribution in [-0.4, -0.2) is 19.6 Å². The zero-order valence-corrected chi connectivity index (χ0v) is 15.3. The first-order valence-corrected chi connectivity index (χ1v) is 8.97. The lowest BCUT2D eigenvalue weighted by Crippen LogP contribution is -2.16. The number of aromatic amines is 1. The van der Waals surface area contributed by atoms with Crippen LogP contribution in [0.25, 0.3) is 23.2 Å². The van der Waals surface area contributed by atoms with Gasteiger partial charge in [0.05, 0.1) is 5.69 Å². The predicted octanol–water partition coefficient (Wildman–Crippen LogP) is 4.17. The van der Waals surface area contributed by atoms with Gasteiger partial charge in [0.25, 0.3) is 11.3 Å². The van der Waals surface area contributed by atoms with Gasteiger partial charge < -0.3 is 0 Å². The zero-order valence-electron chi connectivity index (χ0n) is 14.5. The molecule has 4 rings (SSSR count). The van der Waals surface area contributed by atoms with Crippen LogP contribution in [0.3, 0.4) is 0 Å². The molecule has 0 fully saturated rings. The number of aromatic nitrogens is 4. The molecule has 0 aliphatic rings. The Labute approximate surface area is 161 Å². The summed E-state index contributed by atoms with van der Waals surface area (Å²) >= 11 is 6.22. The van der Waals surface area contributed by atoms with Gasteiger partial charge in [0, 0.05) is 16.7 Å². The molecule has 1 N–H and O–H groups in total. The second kappa shape index (κ2) is 7.21. The molecule has 0 saturated carbocycles. The van der Waals surface area contributed by atoms with Crippen molar-refractivity contribution in [1.29, 1.82) is 0 Å². The van der Waals surface area contributed by atoms with Crippen LogP contribution in [-0.2, 0) is 12.8 Å². The number of hydrogen-bond acceptors (Lipinski definition) is 3. The van der Waals surface area contributed by atoms with E-state index < -0.39 is 0 Å². The van der Waals surface area contributed by atoms with Gasteiger partial charge in [-0.05, 0) is 30.0 Å². The highest BCUT2D eigenvalue weighted by atomic mass is 35.5. The molecule has 4 aromatic rings. The Bertz CT molecular complexity index is 1180. The fourth-order valence-electron chi connectivity index (χ4n) is 3.07. The minimum absolute atomic E-state index is 0.181. The van der Waals surface area contributed by atoms with Gasteiger partial charge in [-0.25, -0.2) is 4.98 Å². The average molecular weight is 377 g/mol. The van der Waals surface area contributed by atoms with Crippen molar-refractivity contribution in [2.24, 2.45) is 0 Å². The Balaban J connectivity index is 1.65. The summed E-state index contributed by atoms with van der Waals surface area (Å²) in [7, 11) is 0. The van der Waals surface area contributed by atoms with Crippen LogP contribution in [0.1, 0.15) is 16.8 Å². The number of benzene rings is 2. The standard InChI is InChI=1S/C21H17ClN4O/c1-2-17-14(9-6-10-18(17)22)11-12-16-13-19(27)26-21(23-16)24-20(25-26)15-7-4-3-5-8-15/h2-10,13H,1,11-12H2,(H,23,24,25). The SMILES string of the molecule is C=Cc1c(Cl)cccc1CCc1cc(=O)n2[nH]c(-c3ccccc3)nc2n1. The number of hydrogen-bond donors (Lipinski definition) is 1. The zero-order chi connectivity index (χ0) is 18.8. The maximum Gasteiger partial charge on any atom is 0.274 e. The third-order valence-electron chi connectivity index (χ3n) is 4.43. The molecular weight excluding hydrogens is 360 g/mol. The summed E-state index contributed by atoms with van der Waals surface area (Å²) in [4.78, 5) is 21.5. The summed E-state index contributed by atoms with van der Waals surface area (Å²) in [5.74, 6) is 0.979. The van der Waals surface area contributed by atoms with Crippen molar-refractivity contribution in [3.8, 4) is 11.4 Å². The fourth-order valence-corrected chi connectivity index (χ4v) is 3.34. The minimum atomic E-state index is -0.181. The van der Waals surface area contributed by atoms with Gasteiger partial charge in [0.2, 0.25) is 0 Å². The smallest absolute Gasteiger partial charge is 0.271 e. The quantitative estimate of drug-likeness (QED) is 0.568. The topological polar surface area (TPSA) is 63.0 Å². The third kappa shape index (κ3) is 3.41. The van der Waals surface area contributed by atoms with Crippen molar-refractivity contribution in [3.05, 3.63) is 93.4 Å². The molecule has 0 spiro atoms. The van der Waals surface area contributed by atoms with Crippen LogP contribution in [0.2, 0.25) is 5.02 Å². The van der Waals surface area contributed by atoms with Gasteiger partial charge in [-0.1, -0.05) is 66.7 Å². The van der Waals surface area contributed by atoms with E-state index >= 15 is 0 Å². The van der Waals surface area contributed by atoms with E-state index in [0.717, 1.165) is 16.7 Å². The van der Waals surface area contributed by atoms with Crippen molar-refractivity contribution < 1.29 is 0 Å². The van der Waals surface area contributed by atoms with Crippen LogP contribution in [0.15, 0.2) is 66.0 Å². The van der Waals surface area contributed by atoms with E-state index in [1.54, 1.807) is 6.08 Å². The molecule has 5 nitrogen and oxygen atoms in total. The molecule has 6 heteroatoms. The molecule has 0 aliphatic heterocycles. The number of H-pyrrole nitrogens is 1. The number of halogens is 1. The largest absolute Gasteiger partial charge is 0.274 e. The van der Waals surface area contributed by atoms with Crippen LogP contribution in [0.5, 0.6) is 0 Å². The van der Waals surface area contributed by atoms with E-state index in [0.29, 0.717) is 35.2 Å². The maximum absolute atomic E-state index is 12.4. The Morgan fingerprint density at radius 2 is 1.89 bits per heavy atom. The lowest BCUT2D eigenvalue weighted by Gasteiger charge is -2.07. The Hall–Kier alpha value is -3.18. The highest BCUT2D eigenvalue weighted by molar-refractivity contribution is 6.32. The van der Waals surface area contributed by atoms with Gasteiger partial charge in [-0.15, -0.1) is 0 Å². The first-order chi connectivity index (χ1) is 13.2. The predicted molar refractivity (Wildman–Crippen MR) is 108 cm³/mol. The minimum Gasteiger partial charge on any atom is -0.271 e. The van der Waals surface area contributed by atoms with E-state index in [1.165, 1.54) is 10.6 Å². The van der Waals surface area contributed by atoms with E-state index in [4.69, 9.17) is 11.6 Å². The molecule has 0 amide bonds. The van der Waals surface area contributed by atoms with Crippen molar-refractivity contribution in [3.63, 3.8) is 0 Å². The fraction of sp³-hybridized carbons (Fsp3) is 0.0952. The lowest BCUT2D eigenvalue weighted by atomic mass is 10.0. The number of nitrogens with zero attached hydrogens (tertiary/aromatic N) is 3. The number of aryl methyl sites for hydroxylation is 2. The summed E-state index contributed by atoms with van der Waals surface area (Å²) in [6.07, 6.45) is 3.07. The molecule has 0 unspecified atom stereocenters. The van der Waals surface area contributed by atoms with Crippen LogP contribution in [0.4, 0.5) is 0 Å². The Morgan fingerprint density at radius 1 is 1.07 bits per heavy atom. The summed E-state index contributed by atoms with van der Waals surface area (Å²) in [6.45, 7) is 3.83. The molecule has 0 bridgehead atoms. The van der Waals surface area contributed by atoms with Crippen molar-refractivity contribution in [2.45, 2.75) is 12.8 Å². The molecule has 0 saturated heterocycles. The van der Waals surface area contributed by atoms with Crippen molar-refractivity contribution in [1.82, 2.24) is 19.6 Å². The van der Waals surface area contributed by atoms with Gasteiger partial charge in [0.15, 0.2) is 5.82 Å². The normalized spacial score (nSPS) is 11.0. The van der Waals surface area contributed by atoms with Gasteiger partial charge in [-0.3, -0.25) is 9.89 Å². The molecule has 2 heterocycles. The van der Waals surface area contributed by atoms with Crippen molar-refractivity contribution >= 4 is 23.5 Å². The summed E-state index contributed by atoms with van der Waals surface area (Å²) in [5, 5.41) is 3.68. The molecule has 0 radical (unpaired) electrons. The maximum atomic E-state index is 12.4. The summed E-state index contributed by atoms with van der Waals surface area (Å²) in [5.41, 5.74) is 3.41. The van der Waals surface area contributed by atoms with E-state index in [2.05, 4.69) is 21.6 Å².